The van der Waals surface area contributed by atoms with Gasteiger partial charge in [-0.3, -0.25) is 0 Å². The minimum absolute atomic E-state index is 0.535. The zero-order chi connectivity index (χ0) is 10.7. The fourth-order valence-corrected chi connectivity index (χ4v) is 1.75. The molecular weight excluding hydrogens is 189 g/mol. The molecule has 0 radical (unpaired) electrons. The summed E-state index contributed by atoms with van der Waals surface area (Å²) in [6, 6.07) is 7.38. The van der Waals surface area contributed by atoms with Crippen LogP contribution in [0.15, 0.2) is 30.3 Å². The van der Waals surface area contributed by atoms with Gasteiger partial charge in [-0.15, -0.1) is 0 Å². The van der Waals surface area contributed by atoms with Crippen LogP contribution in [-0.2, 0) is 0 Å². The van der Waals surface area contributed by atoms with Gasteiger partial charge < -0.3 is 15.4 Å². The summed E-state index contributed by atoms with van der Waals surface area (Å²) >= 11 is 0. The van der Waals surface area contributed by atoms with Crippen LogP contribution in [0.1, 0.15) is 12.0 Å². The summed E-state index contributed by atoms with van der Waals surface area (Å²) in [6.07, 6.45) is 3.20. The Morgan fingerprint density at radius 1 is 1.13 bits per heavy atom. The zero-order valence-electron chi connectivity index (χ0n) is 8.48. The van der Waals surface area contributed by atoms with Crippen molar-refractivity contribution in [2.75, 3.05) is 13.1 Å². The van der Waals surface area contributed by atoms with E-state index in [1.165, 1.54) is 11.1 Å². The number of rotatable bonds is 2. The third kappa shape index (κ3) is 2.47. The Hall–Kier alpha value is -1.10. The second-order valence-corrected chi connectivity index (χ2v) is 3.68. The molecule has 0 saturated carbocycles. The van der Waals surface area contributed by atoms with Gasteiger partial charge in [0.25, 0.3) is 0 Å². The molecule has 1 aliphatic rings. The Kier molecular flexibility index (Phi) is 3.21. The summed E-state index contributed by atoms with van der Waals surface area (Å²) in [5, 5.41) is 21.2. The fraction of sp³-hybridized carbons (Fsp3) is 0.273. The van der Waals surface area contributed by atoms with Gasteiger partial charge in [-0.1, -0.05) is 30.3 Å². The number of hydrogen-bond donors (Lipinski definition) is 3. The minimum Gasteiger partial charge on any atom is -0.423 e. The molecule has 1 aliphatic heterocycles. The molecule has 0 fully saturated rings. The van der Waals surface area contributed by atoms with Gasteiger partial charge in [0.2, 0.25) is 0 Å². The lowest BCUT2D eigenvalue weighted by atomic mass is 9.79. The SMILES string of the molecule is OB(O)c1ccc(C2=CCNCC2)cc1. The molecule has 15 heavy (non-hydrogen) atoms. The molecule has 0 bridgehead atoms. The molecule has 1 aromatic carbocycles. The quantitative estimate of drug-likeness (QED) is 0.580. The Morgan fingerprint density at radius 2 is 1.87 bits per heavy atom. The predicted octanol–water partition coefficient (Wildman–Crippen LogP) is -0.257. The van der Waals surface area contributed by atoms with E-state index in [4.69, 9.17) is 10.0 Å². The maximum atomic E-state index is 8.96. The van der Waals surface area contributed by atoms with E-state index >= 15 is 0 Å². The average Bonchev–Trinajstić information content (AvgIpc) is 2.30. The zero-order valence-corrected chi connectivity index (χ0v) is 8.48. The first kappa shape index (κ1) is 10.4. The number of benzene rings is 1. The highest BCUT2D eigenvalue weighted by Crippen LogP contribution is 2.18. The first-order chi connectivity index (χ1) is 7.27. The Bertz CT molecular complexity index is 359. The van der Waals surface area contributed by atoms with Crippen LogP contribution >= 0.6 is 0 Å². The summed E-state index contributed by atoms with van der Waals surface area (Å²) in [4.78, 5) is 0. The summed E-state index contributed by atoms with van der Waals surface area (Å²) in [5.41, 5.74) is 3.03. The van der Waals surface area contributed by atoms with E-state index in [1.807, 2.05) is 12.1 Å². The third-order valence-corrected chi connectivity index (χ3v) is 2.64. The Labute approximate surface area is 89.6 Å². The maximum Gasteiger partial charge on any atom is 0.488 e. The second kappa shape index (κ2) is 4.62. The van der Waals surface area contributed by atoms with Crippen LogP contribution < -0.4 is 10.8 Å². The standard InChI is InChI=1S/C11H14BNO2/c14-12(15)11-3-1-9(2-4-11)10-5-7-13-8-6-10/h1-5,13-15H,6-8H2. The van der Waals surface area contributed by atoms with Crippen molar-refractivity contribution >= 4 is 18.2 Å². The summed E-state index contributed by atoms with van der Waals surface area (Å²) < 4.78 is 0. The monoisotopic (exact) mass is 203 g/mol. The molecule has 0 aromatic heterocycles. The largest absolute Gasteiger partial charge is 0.488 e. The van der Waals surface area contributed by atoms with E-state index in [9.17, 15) is 0 Å². The van der Waals surface area contributed by atoms with Gasteiger partial charge in [0, 0.05) is 6.54 Å². The summed E-state index contributed by atoms with van der Waals surface area (Å²) in [7, 11) is -1.37. The van der Waals surface area contributed by atoms with Gasteiger partial charge in [0.1, 0.15) is 0 Å². The van der Waals surface area contributed by atoms with Crippen LogP contribution in [0.25, 0.3) is 5.57 Å². The van der Waals surface area contributed by atoms with Crippen molar-refractivity contribution in [3.05, 3.63) is 35.9 Å². The fourth-order valence-electron chi connectivity index (χ4n) is 1.75. The molecular formula is C11H14BNO2. The highest BCUT2D eigenvalue weighted by atomic mass is 16.4. The van der Waals surface area contributed by atoms with Crippen LogP contribution in [0, 0.1) is 0 Å². The van der Waals surface area contributed by atoms with Crippen LogP contribution in [0.5, 0.6) is 0 Å². The molecule has 0 aliphatic carbocycles. The molecule has 1 heterocycles. The molecule has 3 N–H and O–H groups in total. The average molecular weight is 203 g/mol. The molecule has 0 atom stereocenters. The van der Waals surface area contributed by atoms with Crippen LogP contribution in [0.3, 0.4) is 0 Å². The smallest absolute Gasteiger partial charge is 0.423 e. The van der Waals surface area contributed by atoms with Gasteiger partial charge in [0.05, 0.1) is 0 Å². The molecule has 4 heteroatoms. The van der Waals surface area contributed by atoms with Crippen LogP contribution in [-0.4, -0.2) is 30.3 Å². The lowest BCUT2D eigenvalue weighted by molar-refractivity contribution is 0.426. The van der Waals surface area contributed by atoms with E-state index in [-0.39, 0.29) is 0 Å². The second-order valence-electron chi connectivity index (χ2n) is 3.68. The van der Waals surface area contributed by atoms with Crippen molar-refractivity contribution in [2.45, 2.75) is 6.42 Å². The van der Waals surface area contributed by atoms with Crippen molar-refractivity contribution in [3.8, 4) is 0 Å². The van der Waals surface area contributed by atoms with E-state index < -0.39 is 7.12 Å². The van der Waals surface area contributed by atoms with Crippen molar-refractivity contribution < 1.29 is 10.0 Å². The van der Waals surface area contributed by atoms with E-state index in [1.54, 1.807) is 12.1 Å². The van der Waals surface area contributed by atoms with E-state index in [0.29, 0.717) is 5.46 Å². The van der Waals surface area contributed by atoms with E-state index in [2.05, 4.69) is 11.4 Å². The van der Waals surface area contributed by atoms with Crippen molar-refractivity contribution in [2.24, 2.45) is 0 Å². The lowest BCUT2D eigenvalue weighted by Crippen LogP contribution is -2.29. The highest BCUT2D eigenvalue weighted by Gasteiger charge is 2.11. The Balaban J connectivity index is 2.19. The molecule has 1 aromatic rings. The third-order valence-electron chi connectivity index (χ3n) is 2.64. The topological polar surface area (TPSA) is 52.5 Å². The molecule has 2 rings (SSSR count). The molecule has 0 spiro atoms. The molecule has 0 amide bonds. The predicted molar refractivity (Wildman–Crippen MR) is 61.7 cm³/mol. The van der Waals surface area contributed by atoms with Crippen LogP contribution in [0.2, 0.25) is 0 Å². The Morgan fingerprint density at radius 3 is 2.40 bits per heavy atom. The first-order valence-corrected chi connectivity index (χ1v) is 5.13. The van der Waals surface area contributed by atoms with Gasteiger partial charge >= 0.3 is 7.12 Å². The van der Waals surface area contributed by atoms with Gasteiger partial charge in [-0.05, 0) is 29.6 Å². The highest BCUT2D eigenvalue weighted by molar-refractivity contribution is 6.58. The van der Waals surface area contributed by atoms with Crippen LogP contribution in [0.4, 0.5) is 0 Å². The van der Waals surface area contributed by atoms with Gasteiger partial charge in [0.15, 0.2) is 0 Å². The van der Waals surface area contributed by atoms with Crippen molar-refractivity contribution in [3.63, 3.8) is 0 Å². The maximum absolute atomic E-state index is 8.96. The molecule has 0 unspecified atom stereocenters. The minimum atomic E-state index is -1.37. The normalized spacial score (nSPS) is 16.0. The summed E-state index contributed by atoms with van der Waals surface area (Å²) in [6.45, 7) is 1.93. The van der Waals surface area contributed by atoms with Crippen molar-refractivity contribution in [1.82, 2.24) is 5.32 Å². The molecule has 3 nitrogen and oxygen atoms in total. The first-order valence-electron chi connectivity index (χ1n) is 5.13. The van der Waals surface area contributed by atoms with Gasteiger partial charge in [-0.2, -0.15) is 0 Å². The summed E-state index contributed by atoms with van der Waals surface area (Å²) in [5.74, 6) is 0. The number of hydrogen-bond acceptors (Lipinski definition) is 3. The van der Waals surface area contributed by atoms with E-state index in [0.717, 1.165) is 19.5 Å². The lowest BCUT2D eigenvalue weighted by Gasteiger charge is -2.14. The van der Waals surface area contributed by atoms with Gasteiger partial charge in [-0.25, -0.2) is 0 Å². The molecule has 78 valence electrons. The molecule has 0 saturated heterocycles. The van der Waals surface area contributed by atoms with Crippen molar-refractivity contribution in [1.29, 1.82) is 0 Å². The number of nitrogens with one attached hydrogen (secondary N) is 1.